The predicted molar refractivity (Wildman–Crippen MR) is 86.5 cm³/mol. The molecule has 1 aliphatic rings. The molecule has 0 saturated carbocycles. The predicted octanol–water partition coefficient (Wildman–Crippen LogP) is 0.908. The van der Waals surface area contributed by atoms with Crippen molar-refractivity contribution < 1.29 is 9.36 Å². The van der Waals surface area contributed by atoms with E-state index in [9.17, 15) is 9.59 Å². The maximum atomic E-state index is 12.4. The molecule has 0 atom stereocenters. The Morgan fingerprint density at radius 1 is 1.43 bits per heavy atom. The molecule has 4 rings (SSSR count). The summed E-state index contributed by atoms with van der Waals surface area (Å²) in [7, 11) is 0. The average Bonchev–Trinajstić information content (AvgIpc) is 3.07. The molecule has 7 heteroatoms. The lowest BCUT2D eigenvalue weighted by Gasteiger charge is -2.00. The van der Waals surface area contributed by atoms with E-state index in [-0.39, 0.29) is 5.56 Å². The molecular formula is C16H15N4O2S+. The van der Waals surface area contributed by atoms with Crippen molar-refractivity contribution in [3.05, 3.63) is 56.7 Å². The van der Waals surface area contributed by atoms with Gasteiger partial charge in [0.15, 0.2) is 18.2 Å². The highest BCUT2D eigenvalue weighted by Crippen LogP contribution is 2.34. The van der Waals surface area contributed by atoms with Crippen molar-refractivity contribution in [3.8, 4) is 0 Å². The van der Waals surface area contributed by atoms with Crippen LogP contribution in [0.3, 0.4) is 0 Å². The third-order valence-electron chi connectivity index (χ3n) is 4.10. The molecule has 0 spiro atoms. The van der Waals surface area contributed by atoms with Gasteiger partial charge in [-0.25, -0.2) is 4.98 Å². The van der Waals surface area contributed by atoms with Crippen molar-refractivity contribution in [2.45, 2.75) is 25.8 Å². The number of nitrogens with zero attached hydrogens (tertiary/aromatic N) is 2. The largest absolute Gasteiger partial charge is 0.365 e. The topological polar surface area (TPSA) is 92.7 Å². The van der Waals surface area contributed by atoms with Crippen molar-refractivity contribution in [3.63, 3.8) is 0 Å². The second-order valence-electron chi connectivity index (χ2n) is 5.68. The lowest BCUT2D eigenvalue weighted by molar-refractivity contribution is -0.689. The summed E-state index contributed by atoms with van der Waals surface area (Å²) in [5, 5.41) is 0.752. The summed E-state index contributed by atoms with van der Waals surface area (Å²) in [6, 6.07) is 3.40. The number of aryl methyl sites for hydroxylation is 2. The molecule has 0 aliphatic heterocycles. The van der Waals surface area contributed by atoms with E-state index in [1.807, 2.05) is 6.20 Å². The molecule has 0 radical (unpaired) electrons. The van der Waals surface area contributed by atoms with Gasteiger partial charge in [0.05, 0.1) is 5.39 Å². The molecule has 0 unspecified atom stereocenters. The van der Waals surface area contributed by atoms with E-state index in [2.05, 4.69) is 9.97 Å². The normalized spacial score (nSPS) is 13.4. The Labute approximate surface area is 135 Å². The zero-order valence-electron chi connectivity index (χ0n) is 12.3. The highest BCUT2D eigenvalue weighted by molar-refractivity contribution is 7.18. The first-order valence-corrected chi connectivity index (χ1v) is 8.26. The molecule has 3 N–H and O–H groups in total. The van der Waals surface area contributed by atoms with Crippen molar-refractivity contribution in [1.82, 2.24) is 9.97 Å². The van der Waals surface area contributed by atoms with Crippen LogP contribution in [-0.4, -0.2) is 15.9 Å². The van der Waals surface area contributed by atoms with Crippen LogP contribution in [0.2, 0.25) is 0 Å². The van der Waals surface area contributed by atoms with Crippen LogP contribution in [0.15, 0.2) is 29.3 Å². The van der Waals surface area contributed by atoms with E-state index in [0.29, 0.717) is 17.9 Å². The van der Waals surface area contributed by atoms with Gasteiger partial charge in [-0.1, -0.05) is 0 Å². The molecule has 3 aromatic rings. The monoisotopic (exact) mass is 327 g/mol. The Bertz CT molecular complexity index is 989. The van der Waals surface area contributed by atoms with Gasteiger partial charge in [0.25, 0.3) is 11.5 Å². The number of carbonyl (C=O) groups excluding carboxylic acids is 1. The van der Waals surface area contributed by atoms with Crippen molar-refractivity contribution in [1.29, 1.82) is 0 Å². The van der Waals surface area contributed by atoms with E-state index < -0.39 is 5.91 Å². The number of hydrogen-bond acceptors (Lipinski definition) is 4. The fourth-order valence-corrected chi connectivity index (χ4v) is 4.34. The number of primary amides is 1. The van der Waals surface area contributed by atoms with Crippen molar-refractivity contribution >= 4 is 27.5 Å². The summed E-state index contributed by atoms with van der Waals surface area (Å²) in [5.74, 6) is 0.0972. The Morgan fingerprint density at radius 3 is 3.13 bits per heavy atom. The van der Waals surface area contributed by atoms with Gasteiger partial charge in [-0.15, -0.1) is 11.3 Å². The summed E-state index contributed by atoms with van der Waals surface area (Å²) in [4.78, 5) is 33.2. The van der Waals surface area contributed by atoms with Gasteiger partial charge < -0.3 is 10.7 Å². The van der Waals surface area contributed by atoms with Gasteiger partial charge in [-0.2, -0.15) is 4.57 Å². The zero-order chi connectivity index (χ0) is 16.0. The van der Waals surface area contributed by atoms with Gasteiger partial charge in [-0.3, -0.25) is 9.59 Å². The number of nitrogens with one attached hydrogen (secondary N) is 1. The Kier molecular flexibility index (Phi) is 3.23. The van der Waals surface area contributed by atoms with Crippen LogP contribution in [-0.2, 0) is 19.4 Å². The lowest BCUT2D eigenvalue weighted by atomic mass is 10.2. The van der Waals surface area contributed by atoms with Crippen molar-refractivity contribution in [2.24, 2.45) is 5.73 Å². The molecule has 0 saturated heterocycles. The molecular weight excluding hydrogens is 312 g/mol. The fraction of sp³-hybridized carbons (Fsp3) is 0.250. The number of hydrogen-bond donors (Lipinski definition) is 2. The number of fused-ring (bicyclic) bond motifs is 3. The molecule has 1 aliphatic carbocycles. The minimum Gasteiger partial charge on any atom is -0.365 e. The molecule has 0 bridgehead atoms. The van der Waals surface area contributed by atoms with Crippen LogP contribution in [0, 0.1) is 0 Å². The Balaban J connectivity index is 1.74. The zero-order valence-corrected chi connectivity index (χ0v) is 13.2. The van der Waals surface area contributed by atoms with Crippen molar-refractivity contribution in [2.75, 3.05) is 0 Å². The standard InChI is InChI=1S/C16H14N4O2S/c17-14(21)9-3-2-6-20(7-9)8-12-18-15(22)13-10-4-1-5-11(10)23-16(13)19-12/h2-3,6-7H,1,4-5,8H2,(H2-,17,18,19,21,22)/p+1. The minimum absolute atomic E-state index is 0.0731. The maximum absolute atomic E-state index is 12.4. The van der Waals surface area contributed by atoms with Crippen LogP contribution in [0.5, 0.6) is 0 Å². The highest BCUT2D eigenvalue weighted by Gasteiger charge is 2.21. The summed E-state index contributed by atoms with van der Waals surface area (Å²) in [6.45, 7) is 0.384. The number of aromatic amines is 1. The number of nitrogens with two attached hydrogens (primary N) is 1. The lowest BCUT2D eigenvalue weighted by Crippen LogP contribution is -2.36. The molecule has 0 aromatic carbocycles. The number of pyridine rings is 1. The number of rotatable bonds is 3. The molecule has 6 nitrogen and oxygen atoms in total. The summed E-state index contributed by atoms with van der Waals surface area (Å²) in [5.41, 5.74) is 6.82. The molecule has 0 fully saturated rings. The molecule has 116 valence electrons. The van der Waals surface area contributed by atoms with Gasteiger partial charge in [-0.05, 0) is 30.9 Å². The first-order chi connectivity index (χ1) is 11.1. The fourth-order valence-electron chi connectivity index (χ4n) is 3.06. The third-order valence-corrected chi connectivity index (χ3v) is 5.28. The Morgan fingerprint density at radius 2 is 2.30 bits per heavy atom. The second kappa shape index (κ2) is 5.27. The second-order valence-corrected chi connectivity index (χ2v) is 6.76. The third kappa shape index (κ3) is 2.43. The molecule has 1 amide bonds. The van der Waals surface area contributed by atoms with E-state index in [4.69, 9.17) is 5.73 Å². The van der Waals surface area contributed by atoms with Gasteiger partial charge in [0.2, 0.25) is 6.54 Å². The van der Waals surface area contributed by atoms with Crippen LogP contribution in [0.1, 0.15) is 33.0 Å². The van der Waals surface area contributed by atoms with Crippen LogP contribution < -0.4 is 15.9 Å². The van der Waals surface area contributed by atoms with E-state index >= 15 is 0 Å². The van der Waals surface area contributed by atoms with Gasteiger partial charge >= 0.3 is 0 Å². The number of carbonyl (C=O) groups is 1. The van der Waals surface area contributed by atoms with E-state index in [1.54, 1.807) is 34.2 Å². The number of amides is 1. The van der Waals surface area contributed by atoms with Gasteiger partial charge in [0.1, 0.15) is 10.4 Å². The van der Waals surface area contributed by atoms with Gasteiger partial charge in [0, 0.05) is 10.9 Å². The van der Waals surface area contributed by atoms with E-state index in [1.165, 1.54) is 10.4 Å². The Hall–Kier alpha value is -2.54. The summed E-state index contributed by atoms with van der Waals surface area (Å²) < 4.78 is 1.78. The maximum Gasteiger partial charge on any atom is 0.260 e. The SMILES string of the molecule is NC(=O)c1ccc[n+](Cc2nc3sc4c(c3c(=O)[nH]2)CCC4)c1. The smallest absolute Gasteiger partial charge is 0.260 e. The number of thiophene rings is 1. The highest BCUT2D eigenvalue weighted by atomic mass is 32.1. The molecule has 3 aromatic heterocycles. The number of H-pyrrole nitrogens is 1. The average molecular weight is 327 g/mol. The van der Waals surface area contributed by atoms with E-state index in [0.717, 1.165) is 29.5 Å². The number of aromatic nitrogens is 3. The van der Waals surface area contributed by atoms with Crippen LogP contribution in [0.4, 0.5) is 0 Å². The molecule has 23 heavy (non-hydrogen) atoms. The van der Waals surface area contributed by atoms with Crippen LogP contribution >= 0.6 is 11.3 Å². The van der Waals surface area contributed by atoms with Crippen LogP contribution in [0.25, 0.3) is 10.2 Å². The first kappa shape index (κ1) is 14.1. The molecule has 3 heterocycles. The quantitative estimate of drug-likeness (QED) is 0.700. The first-order valence-electron chi connectivity index (χ1n) is 7.44. The summed E-state index contributed by atoms with van der Waals surface area (Å²) >= 11 is 1.62. The minimum atomic E-state index is -0.481. The summed E-state index contributed by atoms with van der Waals surface area (Å²) in [6.07, 6.45) is 6.59.